The third-order valence-electron chi connectivity index (χ3n) is 7.61. The third kappa shape index (κ3) is 2.49. The van der Waals surface area contributed by atoms with Crippen LogP contribution in [0.15, 0.2) is 30.3 Å². The summed E-state index contributed by atoms with van der Waals surface area (Å²) in [5.41, 5.74) is 10.3. The Labute approximate surface area is 176 Å². The third-order valence-corrected chi connectivity index (χ3v) is 7.61. The Kier molecular flexibility index (Phi) is 3.57. The van der Waals surface area contributed by atoms with Crippen molar-refractivity contribution in [3.8, 4) is 0 Å². The average molecular weight is 390 g/mol. The van der Waals surface area contributed by atoms with E-state index in [4.69, 9.17) is 0 Å². The van der Waals surface area contributed by atoms with Crippen LogP contribution in [0.25, 0.3) is 0 Å². The number of para-hydroxylation sites is 1. The van der Waals surface area contributed by atoms with Crippen molar-refractivity contribution in [3.05, 3.63) is 41.5 Å². The zero-order valence-corrected chi connectivity index (χ0v) is 19.3. The molecule has 3 heteroatoms. The number of hydrogen-bond donors (Lipinski definition) is 0. The quantitative estimate of drug-likeness (QED) is 0.489. The molecule has 2 aromatic rings. The monoisotopic (exact) mass is 389 g/mol. The first-order chi connectivity index (χ1) is 13.4. The summed E-state index contributed by atoms with van der Waals surface area (Å²) in [6.07, 6.45) is 2.50. The van der Waals surface area contributed by atoms with E-state index in [2.05, 4.69) is 101 Å². The van der Waals surface area contributed by atoms with E-state index in [0.717, 1.165) is 6.67 Å². The van der Waals surface area contributed by atoms with E-state index in [1.807, 2.05) is 0 Å². The van der Waals surface area contributed by atoms with Gasteiger partial charge in [-0.1, -0.05) is 33.8 Å². The van der Waals surface area contributed by atoms with Gasteiger partial charge < -0.3 is 14.7 Å². The maximum absolute atomic E-state index is 2.56. The molecule has 0 radical (unpaired) electrons. The van der Waals surface area contributed by atoms with E-state index >= 15 is 0 Å². The molecule has 2 aliphatic heterocycles. The van der Waals surface area contributed by atoms with Crippen LogP contribution in [0.4, 0.5) is 28.4 Å². The van der Waals surface area contributed by atoms with E-state index in [0.29, 0.717) is 0 Å². The Morgan fingerprint density at radius 2 is 1.34 bits per heavy atom. The molecule has 0 saturated carbocycles. The van der Waals surface area contributed by atoms with Crippen LogP contribution >= 0.6 is 0 Å². The fourth-order valence-corrected chi connectivity index (χ4v) is 5.55. The van der Waals surface area contributed by atoms with Gasteiger partial charge in [0.25, 0.3) is 0 Å². The minimum absolute atomic E-state index is 0.0840. The number of hydrogen-bond acceptors (Lipinski definition) is 3. The summed E-state index contributed by atoms with van der Waals surface area (Å²) in [4.78, 5) is 7.52. The lowest BCUT2D eigenvalue weighted by Gasteiger charge is -2.45. The van der Waals surface area contributed by atoms with Crippen LogP contribution in [-0.4, -0.2) is 19.3 Å². The molecule has 0 unspecified atom stereocenters. The fourth-order valence-electron chi connectivity index (χ4n) is 5.55. The molecule has 0 atom stereocenters. The molecule has 154 valence electrons. The van der Waals surface area contributed by atoms with E-state index in [9.17, 15) is 0 Å². The summed E-state index contributed by atoms with van der Waals surface area (Å²) in [6, 6.07) is 11.8. The maximum Gasteiger partial charge on any atom is 0.0959 e. The molecule has 3 aliphatic rings. The molecular formula is C26H35N3. The van der Waals surface area contributed by atoms with Crippen LogP contribution < -0.4 is 14.7 Å². The van der Waals surface area contributed by atoms with Gasteiger partial charge >= 0.3 is 0 Å². The second-order valence-corrected chi connectivity index (χ2v) is 11.5. The lowest BCUT2D eigenvalue weighted by Crippen LogP contribution is -2.43. The predicted octanol–water partition coefficient (Wildman–Crippen LogP) is 6.83. The maximum atomic E-state index is 2.56. The molecule has 0 N–H and O–H groups in total. The van der Waals surface area contributed by atoms with Crippen molar-refractivity contribution < 1.29 is 0 Å². The molecule has 0 amide bonds. The van der Waals surface area contributed by atoms with Gasteiger partial charge in [-0.15, -0.1) is 0 Å². The summed E-state index contributed by atoms with van der Waals surface area (Å²) in [6.45, 7) is 17.5. The predicted molar refractivity (Wildman–Crippen MR) is 125 cm³/mol. The zero-order chi connectivity index (χ0) is 20.9. The second-order valence-electron chi connectivity index (χ2n) is 11.5. The molecule has 0 bridgehead atoms. The number of benzene rings is 2. The number of rotatable bonds is 0. The van der Waals surface area contributed by atoms with Crippen LogP contribution in [-0.2, 0) is 10.8 Å². The summed E-state index contributed by atoms with van der Waals surface area (Å²) in [7, 11) is 2.24. The molecule has 0 spiro atoms. The number of fused-ring (bicyclic) bond motifs is 3. The van der Waals surface area contributed by atoms with Crippen LogP contribution in [0, 0.1) is 0 Å². The first-order valence-corrected chi connectivity index (χ1v) is 11.0. The fraction of sp³-hybridized carbons (Fsp3) is 0.538. The van der Waals surface area contributed by atoms with Gasteiger partial charge in [0.1, 0.15) is 0 Å². The van der Waals surface area contributed by atoms with Gasteiger partial charge in [-0.3, -0.25) is 0 Å². The molecule has 5 rings (SSSR count). The van der Waals surface area contributed by atoms with Crippen molar-refractivity contribution in [1.29, 1.82) is 0 Å². The van der Waals surface area contributed by atoms with Crippen LogP contribution in [0.3, 0.4) is 0 Å². The van der Waals surface area contributed by atoms with Crippen molar-refractivity contribution in [1.82, 2.24) is 0 Å². The van der Waals surface area contributed by atoms with Crippen molar-refractivity contribution >= 4 is 28.4 Å². The van der Waals surface area contributed by atoms with Crippen LogP contribution in [0.1, 0.15) is 72.4 Å². The first kappa shape index (κ1) is 18.8. The Balaban J connectivity index is 1.76. The van der Waals surface area contributed by atoms with Gasteiger partial charge in [-0.05, 0) is 79.8 Å². The largest absolute Gasteiger partial charge is 0.347 e. The molecule has 29 heavy (non-hydrogen) atoms. The van der Waals surface area contributed by atoms with Gasteiger partial charge in [-0.25, -0.2) is 0 Å². The summed E-state index contributed by atoms with van der Waals surface area (Å²) < 4.78 is 0. The molecule has 3 nitrogen and oxygen atoms in total. The minimum Gasteiger partial charge on any atom is -0.347 e. The Morgan fingerprint density at radius 3 is 1.93 bits per heavy atom. The van der Waals surface area contributed by atoms with Crippen LogP contribution in [0.2, 0.25) is 0 Å². The standard InChI is InChI=1S/C26H35N3/c1-24(2,3)29-16-28-22-15-18-17(25(4,5)12-13-26(18,6)7)14-21(22)27(8)19-10-9-11-20(29)23(19)28/h9-11,14-15H,12-13,16H2,1-8H3. The van der Waals surface area contributed by atoms with Crippen molar-refractivity contribution in [2.24, 2.45) is 0 Å². The molecule has 0 saturated heterocycles. The second kappa shape index (κ2) is 5.50. The molecular weight excluding hydrogens is 354 g/mol. The smallest absolute Gasteiger partial charge is 0.0959 e. The van der Waals surface area contributed by atoms with Gasteiger partial charge in [0.05, 0.1) is 35.1 Å². The first-order valence-electron chi connectivity index (χ1n) is 11.0. The van der Waals surface area contributed by atoms with Crippen molar-refractivity contribution in [2.75, 3.05) is 28.4 Å². The Morgan fingerprint density at radius 1 is 0.793 bits per heavy atom. The van der Waals surface area contributed by atoms with Crippen molar-refractivity contribution in [3.63, 3.8) is 0 Å². The Bertz CT molecular complexity index is 1010. The SMILES string of the molecule is CN1c2cc3c(cc2N2CN(C(C)(C)C)c4cccc1c42)C(C)(C)CCC3(C)C. The molecule has 0 fully saturated rings. The highest BCUT2D eigenvalue weighted by atomic mass is 15.4. The number of anilines is 5. The highest BCUT2D eigenvalue weighted by Gasteiger charge is 2.43. The van der Waals surface area contributed by atoms with Gasteiger partial charge in [0.2, 0.25) is 0 Å². The van der Waals surface area contributed by atoms with Gasteiger partial charge in [-0.2, -0.15) is 0 Å². The summed E-state index contributed by atoms with van der Waals surface area (Å²) in [5.74, 6) is 0. The highest BCUT2D eigenvalue weighted by Crippen LogP contribution is 2.58. The topological polar surface area (TPSA) is 9.72 Å². The molecule has 0 aromatic heterocycles. The van der Waals surface area contributed by atoms with Crippen molar-refractivity contribution in [2.45, 2.75) is 77.7 Å². The lowest BCUT2D eigenvalue weighted by atomic mass is 9.63. The molecule has 2 heterocycles. The molecule has 2 aromatic carbocycles. The lowest BCUT2D eigenvalue weighted by molar-refractivity contribution is 0.332. The highest BCUT2D eigenvalue weighted by molar-refractivity contribution is 6.01. The average Bonchev–Trinajstić information content (AvgIpc) is 3.04. The minimum atomic E-state index is 0.0840. The van der Waals surface area contributed by atoms with E-state index < -0.39 is 0 Å². The number of nitrogens with zero attached hydrogens (tertiary/aromatic N) is 3. The molecule has 1 aliphatic carbocycles. The van der Waals surface area contributed by atoms with Gasteiger partial charge in [0, 0.05) is 12.6 Å². The zero-order valence-electron chi connectivity index (χ0n) is 19.3. The Hall–Kier alpha value is -2.16. The summed E-state index contributed by atoms with van der Waals surface area (Å²) in [5, 5.41) is 0. The van der Waals surface area contributed by atoms with E-state index in [1.54, 1.807) is 0 Å². The van der Waals surface area contributed by atoms with E-state index in [-0.39, 0.29) is 16.4 Å². The van der Waals surface area contributed by atoms with Crippen LogP contribution in [0.5, 0.6) is 0 Å². The normalized spacial score (nSPS) is 21.0. The van der Waals surface area contributed by atoms with Gasteiger partial charge in [0.15, 0.2) is 0 Å². The summed E-state index contributed by atoms with van der Waals surface area (Å²) >= 11 is 0. The van der Waals surface area contributed by atoms with E-state index in [1.165, 1.54) is 52.4 Å².